The molecular formula is C19H24N4O3. The number of nitrogens with one attached hydrogen (secondary N) is 2. The first-order valence-corrected chi connectivity index (χ1v) is 8.87. The minimum Gasteiger partial charge on any atom is -0.487 e. The molecule has 1 aliphatic heterocycles. The highest BCUT2D eigenvalue weighted by atomic mass is 16.5. The Kier molecular flexibility index (Phi) is 5.68. The van der Waals surface area contributed by atoms with Crippen molar-refractivity contribution in [3.8, 4) is 5.75 Å². The summed E-state index contributed by atoms with van der Waals surface area (Å²) in [6.45, 7) is 6.07. The summed E-state index contributed by atoms with van der Waals surface area (Å²) >= 11 is 0. The van der Waals surface area contributed by atoms with Crippen LogP contribution in [0.25, 0.3) is 0 Å². The third kappa shape index (κ3) is 4.29. The maximum Gasteiger partial charge on any atom is 0.274 e. The predicted octanol–water partition coefficient (Wildman–Crippen LogP) is 2.02. The highest BCUT2D eigenvalue weighted by molar-refractivity contribution is 5.94. The maximum absolute atomic E-state index is 12.6. The van der Waals surface area contributed by atoms with E-state index in [1.165, 1.54) is 6.92 Å². The fraction of sp³-hybridized carbons (Fsp3) is 0.421. The molecule has 138 valence electrons. The first kappa shape index (κ1) is 18.1. The quantitative estimate of drug-likeness (QED) is 0.773. The number of aromatic amines is 1. The van der Waals surface area contributed by atoms with Crippen LogP contribution in [0.4, 0.5) is 0 Å². The number of carbonyl (C=O) groups is 2. The van der Waals surface area contributed by atoms with Crippen molar-refractivity contribution in [1.82, 2.24) is 20.4 Å². The van der Waals surface area contributed by atoms with E-state index in [2.05, 4.69) is 22.4 Å². The number of hydrogen-bond donors (Lipinski definition) is 2. The minimum absolute atomic E-state index is 0.00808. The summed E-state index contributed by atoms with van der Waals surface area (Å²) in [5.74, 6) is 0.533. The zero-order chi connectivity index (χ0) is 18.5. The van der Waals surface area contributed by atoms with E-state index in [-0.39, 0.29) is 18.3 Å². The number of benzene rings is 1. The third-order valence-corrected chi connectivity index (χ3v) is 4.52. The van der Waals surface area contributed by atoms with Crippen molar-refractivity contribution >= 4 is 11.7 Å². The third-order valence-electron chi connectivity index (χ3n) is 4.52. The Morgan fingerprint density at radius 2 is 2.19 bits per heavy atom. The van der Waals surface area contributed by atoms with E-state index in [4.69, 9.17) is 4.74 Å². The number of Topliss-reactive ketones (excluding diaryl/α,β-unsaturated/α-hetero) is 1. The minimum atomic E-state index is -0.0639. The van der Waals surface area contributed by atoms with E-state index in [1.807, 2.05) is 4.90 Å². The van der Waals surface area contributed by atoms with Gasteiger partial charge in [-0.3, -0.25) is 14.7 Å². The molecule has 1 aliphatic rings. The number of rotatable bonds is 6. The van der Waals surface area contributed by atoms with Crippen LogP contribution in [0, 0.1) is 0 Å². The lowest BCUT2D eigenvalue weighted by Gasteiger charge is -2.32. The van der Waals surface area contributed by atoms with E-state index in [0.717, 1.165) is 13.0 Å². The molecule has 7 nitrogen and oxygen atoms in total. The molecule has 1 aromatic carbocycles. The van der Waals surface area contributed by atoms with E-state index < -0.39 is 0 Å². The van der Waals surface area contributed by atoms with Crippen LogP contribution in [0.5, 0.6) is 5.75 Å². The average Bonchev–Trinajstić information content (AvgIpc) is 3.15. The summed E-state index contributed by atoms with van der Waals surface area (Å²) in [6.07, 6.45) is 0.989. The van der Waals surface area contributed by atoms with Gasteiger partial charge in [-0.2, -0.15) is 5.10 Å². The molecule has 1 unspecified atom stereocenters. The molecule has 26 heavy (non-hydrogen) atoms. The van der Waals surface area contributed by atoms with Crippen molar-refractivity contribution in [2.45, 2.75) is 32.9 Å². The summed E-state index contributed by atoms with van der Waals surface area (Å²) in [4.78, 5) is 25.9. The largest absolute Gasteiger partial charge is 0.487 e. The van der Waals surface area contributed by atoms with Crippen molar-refractivity contribution < 1.29 is 14.3 Å². The summed E-state index contributed by atoms with van der Waals surface area (Å²) in [5, 5.41) is 10.4. The number of ketones is 1. The van der Waals surface area contributed by atoms with Crippen LogP contribution < -0.4 is 10.1 Å². The molecule has 1 saturated heterocycles. The summed E-state index contributed by atoms with van der Waals surface area (Å²) < 4.78 is 5.70. The van der Waals surface area contributed by atoms with Crippen LogP contribution in [-0.4, -0.2) is 52.5 Å². The van der Waals surface area contributed by atoms with Crippen molar-refractivity contribution in [3.05, 3.63) is 47.3 Å². The fourth-order valence-corrected chi connectivity index (χ4v) is 2.96. The van der Waals surface area contributed by atoms with Gasteiger partial charge in [-0.1, -0.05) is 19.1 Å². The molecular weight excluding hydrogens is 332 g/mol. The number of hydrogen-bond acceptors (Lipinski definition) is 5. The Labute approximate surface area is 152 Å². The summed E-state index contributed by atoms with van der Waals surface area (Å²) in [5.41, 5.74) is 1.72. The van der Waals surface area contributed by atoms with Gasteiger partial charge in [-0.05, 0) is 31.5 Å². The van der Waals surface area contributed by atoms with Gasteiger partial charge in [0.1, 0.15) is 12.4 Å². The highest BCUT2D eigenvalue weighted by Gasteiger charge is 2.24. The van der Waals surface area contributed by atoms with Gasteiger partial charge >= 0.3 is 0 Å². The van der Waals surface area contributed by atoms with Crippen LogP contribution in [-0.2, 0) is 6.61 Å². The van der Waals surface area contributed by atoms with Crippen LogP contribution in [0.1, 0.15) is 46.8 Å². The second-order valence-electron chi connectivity index (χ2n) is 6.46. The Morgan fingerprint density at radius 1 is 1.35 bits per heavy atom. The zero-order valence-electron chi connectivity index (χ0n) is 15.1. The molecule has 2 heterocycles. The normalized spacial score (nSPS) is 17.2. The number of ether oxygens (including phenoxy) is 1. The predicted molar refractivity (Wildman–Crippen MR) is 97.4 cm³/mol. The number of aromatic nitrogens is 2. The lowest BCUT2D eigenvalue weighted by atomic mass is 10.1. The van der Waals surface area contributed by atoms with E-state index in [0.29, 0.717) is 41.8 Å². The fourth-order valence-electron chi connectivity index (χ4n) is 2.96. The first-order chi connectivity index (χ1) is 12.6. The van der Waals surface area contributed by atoms with E-state index in [1.54, 1.807) is 30.3 Å². The zero-order valence-corrected chi connectivity index (χ0v) is 15.1. The van der Waals surface area contributed by atoms with Gasteiger partial charge in [-0.15, -0.1) is 0 Å². The Balaban J connectivity index is 1.60. The topological polar surface area (TPSA) is 87.3 Å². The van der Waals surface area contributed by atoms with Gasteiger partial charge in [0.15, 0.2) is 11.5 Å². The van der Waals surface area contributed by atoms with Crippen molar-refractivity contribution in [2.75, 3.05) is 19.6 Å². The van der Waals surface area contributed by atoms with Gasteiger partial charge in [0.05, 0.1) is 5.69 Å². The summed E-state index contributed by atoms with van der Waals surface area (Å²) in [6, 6.07) is 9.08. The number of piperazine rings is 1. The van der Waals surface area contributed by atoms with E-state index in [9.17, 15) is 9.59 Å². The second kappa shape index (κ2) is 8.14. The Hall–Kier alpha value is -2.67. The number of carbonyl (C=O) groups excluding carboxylic acids is 2. The van der Waals surface area contributed by atoms with Crippen LogP contribution in [0.2, 0.25) is 0 Å². The Bertz CT molecular complexity index is 787. The van der Waals surface area contributed by atoms with Crippen LogP contribution in [0.3, 0.4) is 0 Å². The molecule has 3 rings (SSSR count). The average molecular weight is 356 g/mol. The van der Waals surface area contributed by atoms with Gasteiger partial charge < -0.3 is 15.0 Å². The molecule has 0 radical (unpaired) electrons. The lowest BCUT2D eigenvalue weighted by molar-refractivity contribution is 0.0695. The Morgan fingerprint density at radius 3 is 2.96 bits per heavy atom. The van der Waals surface area contributed by atoms with Crippen LogP contribution in [0.15, 0.2) is 30.3 Å². The molecule has 1 atom stereocenters. The van der Waals surface area contributed by atoms with Crippen molar-refractivity contribution in [3.63, 3.8) is 0 Å². The van der Waals surface area contributed by atoms with Gasteiger partial charge in [0.2, 0.25) is 0 Å². The standard InChI is InChI=1S/C19H24N4O3/c1-3-15-11-23(8-7-20-15)19(25)18-10-16(21-22-18)12-26-17-6-4-5-14(9-17)13(2)24/h4-6,9-10,15,20H,3,7-8,11-12H2,1-2H3,(H,21,22). The molecule has 2 aromatic rings. The second-order valence-corrected chi connectivity index (χ2v) is 6.46. The van der Waals surface area contributed by atoms with E-state index >= 15 is 0 Å². The smallest absolute Gasteiger partial charge is 0.274 e. The molecule has 1 aromatic heterocycles. The van der Waals surface area contributed by atoms with Crippen molar-refractivity contribution in [2.24, 2.45) is 0 Å². The number of H-pyrrole nitrogens is 1. The molecule has 7 heteroatoms. The van der Waals surface area contributed by atoms with Crippen molar-refractivity contribution in [1.29, 1.82) is 0 Å². The maximum atomic E-state index is 12.6. The molecule has 0 spiro atoms. The van der Waals surface area contributed by atoms with Gasteiger partial charge in [-0.25, -0.2) is 0 Å². The molecule has 0 saturated carbocycles. The molecule has 0 aliphatic carbocycles. The highest BCUT2D eigenvalue weighted by Crippen LogP contribution is 2.16. The van der Waals surface area contributed by atoms with Gasteiger partial charge in [0, 0.05) is 31.2 Å². The monoisotopic (exact) mass is 356 g/mol. The SMILES string of the molecule is CCC1CN(C(=O)c2cc(COc3cccc(C(C)=O)c3)[nH]n2)CCN1. The molecule has 1 fully saturated rings. The lowest BCUT2D eigenvalue weighted by Crippen LogP contribution is -2.52. The number of amides is 1. The molecule has 0 bridgehead atoms. The first-order valence-electron chi connectivity index (χ1n) is 8.87. The number of nitrogens with zero attached hydrogens (tertiary/aromatic N) is 2. The van der Waals surface area contributed by atoms with Crippen LogP contribution >= 0.6 is 0 Å². The molecule has 2 N–H and O–H groups in total. The molecule has 1 amide bonds. The summed E-state index contributed by atoms with van der Waals surface area (Å²) in [7, 11) is 0. The van der Waals surface area contributed by atoms with Gasteiger partial charge in [0.25, 0.3) is 5.91 Å².